The van der Waals surface area contributed by atoms with Crippen LogP contribution >= 0.6 is 0 Å². The van der Waals surface area contributed by atoms with E-state index in [1.54, 1.807) is 0 Å². The van der Waals surface area contributed by atoms with E-state index >= 15 is 0 Å². The van der Waals surface area contributed by atoms with Gasteiger partial charge in [0.15, 0.2) is 0 Å². The molecule has 4 heteroatoms. The van der Waals surface area contributed by atoms with E-state index < -0.39 is 11.5 Å². The van der Waals surface area contributed by atoms with Crippen molar-refractivity contribution in [2.75, 3.05) is 0 Å². The fourth-order valence-electron chi connectivity index (χ4n) is 3.14. The number of carboxylic acid groups (broad SMARTS) is 1. The van der Waals surface area contributed by atoms with Crippen molar-refractivity contribution in [3.05, 3.63) is 29.3 Å². The summed E-state index contributed by atoms with van der Waals surface area (Å²) >= 11 is 0. The quantitative estimate of drug-likeness (QED) is 0.875. The van der Waals surface area contributed by atoms with Crippen LogP contribution in [0.5, 0.6) is 5.75 Å². The lowest BCUT2D eigenvalue weighted by atomic mass is 9.97. The van der Waals surface area contributed by atoms with Crippen LogP contribution in [0, 0.1) is 13.8 Å². The van der Waals surface area contributed by atoms with Gasteiger partial charge in [-0.05, 0) is 56.7 Å². The van der Waals surface area contributed by atoms with Gasteiger partial charge in [-0.1, -0.05) is 12.1 Å². The lowest BCUT2D eigenvalue weighted by Gasteiger charge is -2.26. The Morgan fingerprint density at radius 1 is 1.33 bits per heavy atom. The van der Waals surface area contributed by atoms with Crippen molar-refractivity contribution < 1.29 is 14.6 Å². The highest BCUT2D eigenvalue weighted by molar-refractivity contribution is 5.79. The molecule has 4 nitrogen and oxygen atoms in total. The summed E-state index contributed by atoms with van der Waals surface area (Å²) in [7, 11) is 0. The molecule has 1 aromatic rings. The van der Waals surface area contributed by atoms with Crippen LogP contribution < -0.4 is 10.1 Å². The molecule has 2 unspecified atom stereocenters. The van der Waals surface area contributed by atoms with Crippen molar-refractivity contribution in [2.24, 2.45) is 0 Å². The molecule has 2 atom stereocenters. The number of benzene rings is 1. The summed E-state index contributed by atoms with van der Waals surface area (Å²) in [5.74, 6) is 0.147. The van der Waals surface area contributed by atoms with Crippen LogP contribution in [0.1, 0.15) is 43.2 Å². The fraction of sp³-hybridized carbons (Fsp3) is 0.588. The van der Waals surface area contributed by atoms with Crippen molar-refractivity contribution in [1.82, 2.24) is 5.32 Å². The predicted molar refractivity (Wildman–Crippen MR) is 80.7 cm³/mol. The molecule has 2 aliphatic rings. The van der Waals surface area contributed by atoms with Gasteiger partial charge in [0.1, 0.15) is 17.4 Å². The molecule has 1 aromatic carbocycles. The highest BCUT2D eigenvalue weighted by Gasteiger charge is 2.49. The molecule has 0 heterocycles. The first-order valence-corrected chi connectivity index (χ1v) is 7.74. The molecule has 2 aliphatic carbocycles. The van der Waals surface area contributed by atoms with E-state index in [4.69, 9.17) is 4.74 Å². The zero-order valence-electron chi connectivity index (χ0n) is 12.7. The molecule has 2 fully saturated rings. The van der Waals surface area contributed by atoms with E-state index in [1.165, 1.54) is 5.56 Å². The van der Waals surface area contributed by atoms with Gasteiger partial charge in [0.05, 0.1) is 0 Å². The van der Waals surface area contributed by atoms with Crippen molar-refractivity contribution in [3.8, 4) is 5.75 Å². The molecule has 0 radical (unpaired) electrons. The molecular formula is C17H23NO3. The minimum Gasteiger partial charge on any atom is -0.490 e. The summed E-state index contributed by atoms with van der Waals surface area (Å²) in [6.45, 7) is 4.11. The Morgan fingerprint density at radius 2 is 2.10 bits per heavy atom. The average Bonchev–Trinajstić information content (AvgIpc) is 3.15. The maximum Gasteiger partial charge on any atom is 0.324 e. The van der Waals surface area contributed by atoms with Crippen LogP contribution in [-0.2, 0) is 4.79 Å². The molecule has 2 N–H and O–H groups in total. The van der Waals surface area contributed by atoms with E-state index in [1.807, 2.05) is 19.1 Å². The average molecular weight is 289 g/mol. The zero-order valence-corrected chi connectivity index (χ0v) is 12.7. The second-order valence-corrected chi connectivity index (χ2v) is 6.49. The van der Waals surface area contributed by atoms with E-state index in [0.29, 0.717) is 18.9 Å². The van der Waals surface area contributed by atoms with Crippen molar-refractivity contribution >= 4 is 5.97 Å². The lowest BCUT2D eigenvalue weighted by molar-refractivity contribution is -0.145. The van der Waals surface area contributed by atoms with Crippen molar-refractivity contribution in [1.29, 1.82) is 0 Å². The summed E-state index contributed by atoms with van der Waals surface area (Å²) in [4.78, 5) is 11.7. The second kappa shape index (κ2) is 5.34. The van der Waals surface area contributed by atoms with Gasteiger partial charge >= 0.3 is 5.97 Å². The second-order valence-electron chi connectivity index (χ2n) is 6.49. The highest BCUT2D eigenvalue weighted by Crippen LogP contribution is 2.37. The van der Waals surface area contributed by atoms with Gasteiger partial charge in [0.2, 0.25) is 0 Å². The Morgan fingerprint density at radius 3 is 2.76 bits per heavy atom. The molecular weight excluding hydrogens is 266 g/mol. The van der Waals surface area contributed by atoms with Gasteiger partial charge in [-0.2, -0.15) is 0 Å². The minimum absolute atomic E-state index is 0.0205. The van der Waals surface area contributed by atoms with Crippen LogP contribution in [0.2, 0.25) is 0 Å². The van der Waals surface area contributed by atoms with Gasteiger partial charge in [-0.25, -0.2) is 0 Å². The molecule has 0 aromatic heterocycles. The van der Waals surface area contributed by atoms with Crippen molar-refractivity contribution in [2.45, 2.75) is 63.6 Å². The predicted octanol–water partition coefficient (Wildman–Crippen LogP) is 2.81. The number of carboxylic acids is 1. The molecule has 0 spiro atoms. The maximum atomic E-state index is 11.7. The Balaban J connectivity index is 1.70. The monoisotopic (exact) mass is 289 g/mol. The first-order chi connectivity index (χ1) is 10.00. The van der Waals surface area contributed by atoms with Crippen molar-refractivity contribution in [3.63, 3.8) is 0 Å². The molecule has 0 saturated heterocycles. The summed E-state index contributed by atoms with van der Waals surface area (Å²) in [5.41, 5.74) is 1.55. The number of rotatable bonds is 5. The largest absolute Gasteiger partial charge is 0.490 e. The summed E-state index contributed by atoms with van der Waals surface area (Å²) in [6.07, 6.45) is 4.16. The van der Waals surface area contributed by atoms with Gasteiger partial charge in [-0.3, -0.25) is 10.1 Å². The first-order valence-electron chi connectivity index (χ1n) is 7.74. The van der Waals surface area contributed by atoms with E-state index in [9.17, 15) is 9.90 Å². The Labute approximate surface area is 125 Å². The van der Waals surface area contributed by atoms with Crippen LogP contribution in [0.3, 0.4) is 0 Å². The van der Waals surface area contributed by atoms with E-state index in [-0.39, 0.29) is 6.10 Å². The Bertz CT molecular complexity index is 553. The van der Waals surface area contributed by atoms with Crippen LogP contribution in [0.25, 0.3) is 0 Å². The van der Waals surface area contributed by atoms with Gasteiger partial charge in [0.25, 0.3) is 0 Å². The zero-order chi connectivity index (χ0) is 15.0. The number of hydrogen-bond donors (Lipinski definition) is 2. The fourth-order valence-corrected chi connectivity index (χ4v) is 3.14. The normalized spacial score (nSPS) is 28.6. The van der Waals surface area contributed by atoms with Gasteiger partial charge in [-0.15, -0.1) is 0 Å². The third kappa shape index (κ3) is 2.91. The lowest BCUT2D eigenvalue weighted by Crippen LogP contribution is -2.51. The van der Waals surface area contributed by atoms with Gasteiger partial charge < -0.3 is 9.84 Å². The van der Waals surface area contributed by atoms with Crippen LogP contribution in [0.15, 0.2) is 18.2 Å². The number of hydrogen-bond acceptors (Lipinski definition) is 3. The Hall–Kier alpha value is -1.55. The number of aliphatic carboxylic acids is 1. The van der Waals surface area contributed by atoms with E-state index in [0.717, 1.165) is 30.6 Å². The maximum absolute atomic E-state index is 11.7. The molecule has 21 heavy (non-hydrogen) atoms. The highest BCUT2D eigenvalue weighted by atomic mass is 16.5. The SMILES string of the molecule is Cc1cccc(OC2CCC(NC3CC3)(C(=O)O)C2)c1C. The molecule has 0 bridgehead atoms. The standard InChI is InChI=1S/C17H23NO3/c1-11-4-3-5-15(12(11)2)21-14-8-9-17(10-14,16(19)20)18-13-6-7-13/h3-5,13-14,18H,6-10H2,1-2H3,(H,19,20). The summed E-state index contributed by atoms with van der Waals surface area (Å²) in [6, 6.07) is 6.41. The van der Waals surface area contributed by atoms with Crippen LogP contribution in [0.4, 0.5) is 0 Å². The number of aryl methyl sites for hydroxylation is 1. The minimum atomic E-state index is -0.788. The first kappa shape index (κ1) is 14.4. The molecule has 114 valence electrons. The molecule has 3 rings (SSSR count). The molecule has 0 amide bonds. The number of ether oxygens (including phenoxy) is 1. The number of carbonyl (C=O) groups is 1. The smallest absolute Gasteiger partial charge is 0.324 e. The van der Waals surface area contributed by atoms with Crippen LogP contribution in [-0.4, -0.2) is 28.8 Å². The summed E-state index contributed by atoms with van der Waals surface area (Å²) < 4.78 is 6.09. The molecule has 0 aliphatic heterocycles. The Kier molecular flexibility index (Phi) is 3.66. The summed E-state index contributed by atoms with van der Waals surface area (Å²) in [5, 5.41) is 12.9. The molecule has 2 saturated carbocycles. The number of nitrogens with one attached hydrogen (secondary N) is 1. The van der Waals surface area contributed by atoms with Gasteiger partial charge in [0, 0.05) is 12.5 Å². The third-order valence-electron chi connectivity index (χ3n) is 4.78. The topological polar surface area (TPSA) is 58.6 Å². The third-order valence-corrected chi connectivity index (χ3v) is 4.78. The van der Waals surface area contributed by atoms with E-state index in [2.05, 4.69) is 18.3 Å².